The molecular weight excluding hydrogens is 297 g/mol. The molecule has 5 N–H and O–H groups in total. The molecule has 0 spiro atoms. The SMILES string of the molecule is Cc1cc(=O)[nH]c(=O)n1C1OC(CO)C(O)C1(N)C#CCF. The minimum Gasteiger partial charge on any atom is -0.394 e. The number of hydrogen-bond donors (Lipinski definition) is 4. The quantitative estimate of drug-likeness (QED) is 0.457. The van der Waals surface area contributed by atoms with Gasteiger partial charge in [0.05, 0.1) is 6.61 Å². The van der Waals surface area contributed by atoms with Crippen LogP contribution < -0.4 is 17.0 Å². The Balaban J connectivity index is 2.62. The van der Waals surface area contributed by atoms with Crippen molar-refractivity contribution in [3.05, 3.63) is 32.6 Å². The van der Waals surface area contributed by atoms with Gasteiger partial charge in [0.2, 0.25) is 0 Å². The van der Waals surface area contributed by atoms with Crippen LogP contribution in [-0.4, -0.2) is 50.8 Å². The summed E-state index contributed by atoms with van der Waals surface area (Å²) in [6, 6.07) is 1.15. The van der Waals surface area contributed by atoms with E-state index in [1.807, 2.05) is 4.98 Å². The predicted octanol–water partition coefficient (Wildman–Crippen LogP) is -2.23. The molecular formula is C13H16FN3O5. The van der Waals surface area contributed by atoms with Gasteiger partial charge in [0.15, 0.2) is 11.8 Å². The number of H-pyrrole nitrogens is 1. The number of aromatic nitrogens is 2. The number of aliphatic hydroxyl groups is 2. The van der Waals surface area contributed by atoms with E-state index in [-0.39, 0.29) is 5.69 Å². The van der Waals surface area contributed by atoms with Crippen molar-refractivity contribution in [3.8, 4) is 11.8 Å². The number of nitrogens with two attached hydrogens (primary N) is 1. The molecule has 1 aromatic rings. The number of alkyl halides is 1. The summed E-state index contributed by atoms with van der Waals surface area (Å²) in [6.07, 6.45) is -3.83. The summed E-state index contributed by atoms with van der Waals surface area (Å²) < 4.78 is 18.8. The van der Waals surface area contributed by atoms with E-state index in [2.05, 4.69) is 11.8 Å². The van der Waals surface area contributed by atoms with Gasteiger partial charge in [-0.3, -0.25) is 14.3 Å². The van der Waals surface area contributed by atoms with E-state index in [0.717, 1.165) is 10.6 Å². The first kappa shape index (κ1) is 16.4. The summed E-state index contributed by atoms with van der Waals surface area (Å²) in [5.74, 6) is 4.46. The number of ether oxygens (including phenoxy) is 1. The summed E-state index contributed by atoms with van der Waals surface area (Å²) in [7, 11) is 0. The van der Waals surface area contributed by atoms with Gasteiger partial charge < -0.3 is 20.7 Å². The standard InChI is InChI=1S/C13H16FN3O5/c1-7-5-9(19)16-12(21)17(7)11-13(15,3-2-4-14)10(20)8(6-18)22-11/h5,8,10-11,18,20H,4,6,15H2,1H3,(H,16,19,21). The molecule has 2 heterocycles. The molecule has 4 atom stereocenters. The number of halogens is 1. The summed E-state index contributed by atoms with van der Waals surface area (Å²) >= 11 is 0. The molecule has 0 amide bonds. The Hall–Kier alpha value is -1.99. The van der Waals surface area contributed by atoms with Crippen LogP contribution in [0.2, 0.25) is 0 Å². The van der Waals surface area contributed by atoms with E-state index in [4.69, 9.17) is 10.5 Å². The van der Waals surface area contributed by atoms with Crippen LogP contribution in [0.4, 0.5) is 4.39 Å². The van der Waals surface area contributed by atoms with E-state index >= 15 is 0 Å². The zero-order valence-corrected chi connectivity index (χ0v) is 11.7. The van der Waals surface area contributed by atoms with E-state index in [1.165, 1.54) is 6.92 Å². The lowest BCUT2D eigenvalue weighted by Crippen LogP contribution is -2.55. The van der Waals surface area contributed by atoms with Crippen molar-refractivity contribution in [2.75, 3.05) is 13.3 Å². The maximum Gasteiger partial charge on any atom is 0.330 e. The van der Waals surface area contributed by atoms with Crippen molar-refractivity contribution in [1.82, 2.24) is 9.55 Å². The van der Waals surface area contributed by atoms with Crippen LogP contribution in [0.1, 0.15) is 11.9 Å². The molecule has 1 aliphatic heterocycles. The average molecular weight is 313 g/mol. The van der Waals surface area contributed by atoms with Gasteiger partial charge in [-0.05, 0) is 6.92 Å². The average Bonchev–Trinajstić information content (AvgIpc) is 2.69. The van der Waals surface area contributed by atoms with Crippen molar-refractivity contribution in [1.29, 1.82) is 0 Å². The molecule has 0 aliphatic carbocycles. The Kier molecular flexibility index (Phi) is 4.48. The normalized spacial score (nSPS) is 30.9. The minimum atomic E-state index is -1.81. The maximum atomic E-state index is 12.3. The lowest BCUT2D eigenvalue weighted by molar-refractivity contribution is -0.0484. The van der Waals surface area contributed by atoms with Crippen LogP contribution in [0.25, 0.3) is 0 Å². The van der Waals surface area contributed by atoms with Crippen LogP contribution in [0.3, 0.4) is 0 Å². The smallest absolute Gasteiger partial charge is 0.330 e. The van der Waals surface area contributed by atoms with Gasteiger partial charge in [0, 0.05) is 11.8 Å². The van der Waals surface area contributed by atoms with Crippen molar-refractivity contribution < 1.29 is 19.3 Å². The van der Waals surface area contributed by atoms with Crippen molar-refractivity contribution in [2.45, 2.75) is 30.9 Å². The Morgan fingerprint density at radius 3 is 2.82 bits per heavy atom. The van der Waals surface area contributed by atoms with E-state index < -0.39 is 48.5 Å². The fourth-order valence-electron chi connectivity index (χ4n) is 2.46. The van der Waals surface area contributed by atoms with Gasteiger partial charge in [-0.1, -0.05) is 11.8 Å². The summed E-state index contributed by atoms with van der Waals surface area (Å²) in [5.41, 5.74) is 3.03. The van der Waals surface area contributed by atoms with Crippen LogP contribution in [0.5, 0.6) is 0 Å². The minimum absolute atomic E-state index is 0.224. The molecule has 1 aliphatic rings. The number of aromatic amines is 1. The first-order valence-electron chi connectivity index (χ1n) is 6.47. The van der Waals surface area contributed by atoms with Gasteiger partial charge in [0.25, 0.3) is 5.56 Å². The Morgan fingerprint density at radius 2 is 2.27 bits per heavy atom. The van der Waals surface area contributed by atoms with Gasteiger partial charge in [0.1, 0.15) is 18.9 Å². The second-order valence-corrected chi connectivity index (χ2v) is 4.97. The summed E-state index contributed by atoms with van der Waals surface area (Å²) in [4.78, 5) is 25.4. The van der Waals surface area contributed by atoms with Gasteiger partial charge in [-0.2, -0.15) is 0 Å². The van der Waals surface area contributed by atoms with E-state index in [0.29, 0.717) is 0 Å². The Labute approximate surface area is 124 Å². The molecule has 0 radical (unpaired) electrons. The van der Waals surface area contributed by atoms with Gasteiger partial charge in [-0.15, -0.1) is 0 Å². The number of rotatable bonds is 2. The lowest BCUT2D eigenvalue weighted by Gasteiger charge is -2.28. The highest BCUT2D eigenvalue weighted by atomic mass is 19.1. The molecule has 22 heavy (non-hydrogen) atoms. The monoisotopic (exact) mass is 313 g/mol. The first-order valence-corrected chi connectivity index (χ1v) is 6.47. The highest BCUT2D eigenvalue weighted by molar-refractivity contribution is 5.26. The molecule has 1 aromatic heterocycles. The Morgan fingerprint density at radius 1 is 1.59 bits per heavy atom. The molecule has 1 saturated heterocycles. The zero-order valence-electron chi connectivity index (χ0n) is 11.7. The molecule has 4 unspecified atom stereocenters. The van der Waals surface area contributed by atoms with E-state index in [1.54, 1.807) is 0 Å². The summed E-state index contributed by atoms with van der Waals surface area (Å²) in [5, 5.41) is 19.4. The maximum absolute atomic E-state index is 12.3. The number of aliphatic hydroxyl groups excluding tert-OH is 2. The number of nitrogens with one attached hydrogen (secondary N) is 1. The van der Waals surface area contributed by atoms with Crippen LogP contribution in [-0.2, 0) is 4.74 Å². The molecule has 120 valence electrons. The molecule has 2 rings (SSSR count). The fraction of sp³-hybridized carbons (Fsp3) is 0.538. The van der Waals surface area contributed by atoms with Crippen molar-refractivity contribution >= 4 is 0 Å². The second kappa shape index (κ2) is 6.02. The van der Waals surface area contributed by atoms with Crippen LogP contribution in [0, 0.1) is 18.8 Å². The lowest BCUT2D eigenvalue weighted by atomic mass is 9.91. The molecule has 9 heteroatoms. The zero-order chi connectivity index (χ0) is 16.5. The molecule has 8 nitrogen and oxygen atoms in total. The first-order chi connectivity index (χ1) is 10.3. The number of nitrogens with zero attached hydrogens (tertiary/aromatic N) is 1. The number of hydrogen-bond acceptors (Lipinski definition) is 6. The third-order valence-corrected chi connectivity index (χ3v) is 3.51. The third-order valence-electron chi connectivity index (χ3n) is 3.51. The van der Waals surface area contributed by atoms with E-state index in [9.17, 15) is 24.2 Å². The molecule has 0 aromatic carbocycles. The highest BCUT2D eigenvalue weighted by Crippen LogP contribution is 2.35. The van der Waals surface area contributed by atoms with Crippen LogP contribution in [0.15, 0.2) is 15.7 Å². The van der Waals surface area contributed by atoms with Gasteiger partial charge in [-0.25, -0.2) is 9.18 Å². The van der Waals surface area contributed by atoms with Crippen molar-refractivity contribution in [2.24, 2.45) is 5.73 Å². The van der Waals surface area contributed by atoms with Gasteiger partial charge >= 0.3 is 5.69 Å². The second-order valence-electron chi connectivity index (χ2n) is 4.97. The predicted molar refractivity (Wildman–Crippen MR) is 73.7 cm³/mol. The molecule has 1 fully saturated rings. The highest BCUT2D eigenvalue weighted by Gasteiger charge is 2.54. The molecule has 0 bridgehead atoms. The third kappa shape index (κ3) is 2.57. The summed E-state index contributed by atoms with van der Waals surface area (Å²) in [6.45, 7) is -0.0889. The number of aryl methyl sites for hydroxylation is 1. The van der Waals surface area contributed by atoms with Crippen LogP contribution >= 0.6 is 0 Å². The molecule has 0 saturated carbocycles. The Bertz CT molecular complexity index is 734. The topological polar surface area (TPSA) is 131 Å². The fourth-order valence-corrected chi connectivity index (χ4v) is 2.46. The largest absolute Gasteiger partial charge is 0.394 e. The van der Waals surface area contributed by atoms with Crippen molar-refractivity contribution in [3.63, 3.8) is 0 Å².